The van der Waals surface area contributed by atoms with E-state index in [1.165, 1.54) is 0 Å². The highest BCUT2D eigenvalue weighted by atomic mass is 32.2. The van der Waals surface area contributed by atoms with Gasteiger partial charge in [0.2, 0.25) is 10.0 Å². The minimum absolute atomic E-state index is 0.0458. The summed E-state index contributed by atoms with van der Waals surface area (Å²) < 4.78 is 41.0. The predicted molar refractivity (Wildman–Crippen MR) is 170 cm³/mol. The molecule has 0 amide bonds. The molecule has 1 fully saturated rings. The molecule has 0 spiro atoms. The number of benzene rings is 4. The van der Waals surface area contributed by atoms with E-state index in [0.717, 1.165) is 22.3 Å². The Morgan fingerprint density at radius 2 is 1.53 bits per heavy atom. The lowest BCUT2D eigenvalue weighted by molar-refractivity contribution is -0.276. The van der Waals surface area contributed by atoms with Crippen molar-refractivity contribution in [2.45, 2.75) is 49.6 Å². The molecular weight excluding hydrogens is 592 g/mol. The first-order valence-corrected chi connectivity index (χ1v) is 16.4. The first-order chi connectivity index (χ1) is 21.6. The van der Waals surface area contributed by atoms with Crippen LogP contribution in [-0.2, 0) is 32.6 Å². The van der Waals surface area contributed by atoms with Crippen LogP contribution in [0.3, 0.4) is 0 Å². The highest BCUT2D eigenvalue weighted by molar-refractivity contribution is 7.89. The van der Waals surface area contributed by atoms with Crippen molar-refractivity contribution < 1.29 is 33.2 Å². The van der Waals surface area contributed by atoms with Gasteiger partial charge in [0, 0.05) is 31.1 Å². The molecule has 45 heavy (non-hydrogen) atoms. The summed E-state index contributed by atoms with van der Waals surface area (Å²) in [6.07, 6.45) is -2.04. The maximum absolute atomic E-state index is 12.7. The van der Waals surface area contributed by atoms with Crippen molar-refractivity contribution in [1.82, 2.24) is 9.62 Å². The predicted octanol–water partition coefficient (Wildman–Crippen LogP) is 4.82. The Morgan fingerprint density at radius 1 is 0.867 bits per heavy atom. The molecular formula is C35H40N2O7S. The summed E-state index contributed by atoms with van der Waals surface area (Å²) in [5, 5.41) is 30.2. The number of hydrogen-bond acceptors (Lipinski definition) is 8. The van der Waals surface area contributed by atoms with Crippen LogP contribution in [0.4, 0.5) is 0 Å². The van der Waals surface area contributed by atoms with E-state index in [0.29, 0.717) is 18.7 Å². The minimum atomic E-state index is -3.64. The Labute approximate surface area is 264 Å². The molecule has 238 valence electrons. The number of nitrogens with zero attached hydrogens (tertiary/aromatic N) is 1. The van der Waals surface area contributed by atoms with Gasteiger partial charge in [0.25, 0.3) is 0 Å². The maximum atomic E-state index is 12.7. The van der Waals surface area contributed by atoms with Gasteiger partial charge in [-0.05, 0) is 53.6 Å². The SMILES string of the molecule is C[C@@H]1[C@H](CN(C)C[C@@H](O)c2cccc(O)c2)O[C@H](c2ccc(CNS(=O)(=O)c3ccccc3)cc2)O[C@@H]1c1ccc(CO)cc1. The van der Waals surface area contributed by atoms with Gasteiger partial charge in [-0.3, -0.25) is 0 Å². The first-order valence-electron chi connectivity index (χ1n) is 14.9. The van der Waals surface area contributed by atoms with Crippen molar-refractivity contribution in [3.05, 3.63) is 131 Å². The molecule has 0 unspecified atom stereocenters. The van der Waals surface area contributed by atoms with Gasteiger partial charge >= 0.3 is 0 Å². The topological polar surface area (TPSA) is 129 Å². The Balaban J connectivity index is 1.31. The summed E-state index contributed by atoms with van der Waals surface area (Å²) in [5.74, 6) is 0.0568. The maximum Gasteiger partial charge on any atom is 0.240 e. The molecule has 0 saturated carbocycles. The summed E-state index contributed by atoms with van der Waals surface area (Å²) >= 11 is 0. The monoisotopic (exact) mass is 632 g/mol. The second-order valence-electron chi connectivity index (χ2n) is 11.5. The highest BCUT2D eigenvalue weighted by Crippen LogP contribution is 2.42. The van der Waals surface area contributed by atoms with E-state index in [1.807, 2.05) is 60.5 Å². The fourth-order valence-corrected chi connectivity index (χ4v) is 6.54. The summed E-state index contributed by atoms with van der Waals surface area (Å²) in [5.41, 5.74) is 3.99. The van der Waals surface area contributed by atoms with Crippen LogP contribution in [0.5, 0.6) is 5.75 Å². The van der Waals surface area contributed by atoms with E-state index in [2.05, 4.69) is 11.6 Å². The number of aliphatic hydroxyl groups is 2. The molecule has 1 aliphatic rings. The molecule has 0 aromatic heterocycles. The molecule has 4 N–H and O–H groups in total. The molecule has 4 aromatic carbocycles. The second-order valence-corrected chi connectivity index (χ2v) is 13.3. The van der Waals surface area contributed by atoms with E-state index >= 15 is 0 Å². The molecule has 1 heterocycles. The normalized spacial score (nSPS) is 21.1. The molecule has 0 aliphatic carbocycles. The van der Waals surface area contributed by atoms with Crippen LogP contribution >= 0.6 is 0 Å². The zero-order chi connectivity index (χ0) is 32.0. The van der Waals surface area contributed by atoms with E-state index in [1.54, 1.807) is 54.6 Å². The van der Waals surface area contributed by atoms with Crippen LogP contribution < -0.4 is 4.72 Å². The number of nitrogens with one attached hydrogen (secondary N) is 1. The number of phenols is 1. The average Bonchev–Trinajstić information content (AvgIpc) is 3.05. The van der Waals surface area contributed by atoms with Gasteiger partial charge in [0.1, 0.15) is 5.75 Å². The minimum Gasteiger partial charge on any atom is -0.508 e. The van der Waals surface area contributed by atoms with Crippen LogP contribution in [0.25, 0.3) is 0 Å². The van der Waals surface area contributed by atoms with Gasteiger partial charge < -0.3 is 29.7 Å². The number of phenolic OH excluding ortho intramolecular Hbond substituents is 1. The van der Waals surface area contributed by atoms with Crippen LogP contribution in [0.15, 0.2) is 108 Å². The average molecular weight is 633 g/mol. The van der Waals surface area contributed by atoms with Crippen LogP contribution in [0.1, 0.15) is 53.2 Å². The van der Waals surface area contributed by atoms with Gasteiger partial charge in [-0.25, -0.2) is 13.1 Å². The Hall–Kier alpha value is -3.61. The number of aromatic hydroxyl groups is 1. The number of hydrogen-bond donors (Lipinski definition) is 4. The van der Waals surface area contributed by atoms with Gasteiger partial charge in [0.05, 0.1) is 29.8 Å². The largest absolute Gasteiger partial charge is 0.508 e. The van der Waals surface area contributed by atoms with Crippen molar-refractivity contribution in [3.8, 4) is 5.75 Å². The zero-order valence-corrected chi connectivity index (χ0v) is 26.2. The number of rotatable bonds is 12. The molecule has 1 saturated heterocycles. The quantitative estimate of drug-likeness (QED) is 0.175. The lowest BCUT2D eigenvalue weighted by Gasteiger charge is -2.42. The van der Waals surface area contributed by atoms with Gasteiger partial charge in [-0.1, -0.05) is 85.8 Å². The summed E-state index contributed by atoms with van der Waals surface area (Å²) in [7, 11) is -1.72. The molecule has 0 bridgehead atoms. The van der Waals surface area contributed by atoms with Gasteiger partial charge in [-0.2, -0.15) is 0 Å². The van der Waals surface area contributed by atoms with E-state index in [4.69, 9.17) is 9.47 Å². The highest BCUT2D eigenvalue weighted by Gasteiger charge is 2.39. The van der Waals surface area contributed by atoms with Gasteiger partial charge in [-0.15, -0.1) is 0 Å². The third kappa shape index (κ3) is 8.36. The van der Waals surface area contributed by atoms with Crippen molar-refractivity contribution in [1.29, 1.82) is 0 Å². The summed E-state index contributed by atoms with van der Waals surface area (Å²) in [6.45, 7) is 3.02. The molecule has 5 rings (SSSR count). The molecule has 9 nitrogen and oxygen atoms in total. The van der Waals surface area contributed by atoms with Crippen LogP contribution in [0, 0.1) is 5.92 Å². The molecule has 10 heteroatoms. The standard InChI is InChI=1S/C35H40N2O7S/c1-24-33(22-37(2)21-32(40)29-7-6-8-30(39)19-29)43-35(44-34(24)27-15-13-26(23-38)14-16-27)28-17-11-25(12-18-28)20-36-45(41,42)31-9-4-3-5-10-31/h3-19,24,32-36,38-40H,20-23H2,1-2H3/t24-,32-,33+,34+,35+/m1/s1. The second kappa shape index (κ2) is 14.7. The van der Waals surface area contributed by atoms with E-state index in [-0.39, 0.29) is 41.9 Å². The Kier molecular flexibility index (Phi) is 10.7. The Morgan fingerprint density at radius 3 is 2.20 bits per heavy atom. The van der Waals surface area contributed by atoms with Crippen molar-refractivity contribution in [2.75, 3.05) is 20.1 Å². The molecule has 1 aliphatic heterocycles. The summed E-state index contributed by atoms with van der Waals surface area (Å²) in [6, 6.07) is 30.0. The van der Waals surface area contributed by atoms with Crippen molar-refractivity contribution in [2.24, 2.45) is 5.92 Å². The number of ether oxygens (including phenoxy) is 2. The summed E-state index contributed by atoms with van der Waals surface area (Å²) in [4.78, 5) is 2.22. The lowest BCUT2D eigenvalue weighted by Crippen LogP contribution is -2.44. The first kappa shape index (κ1) is 32.8. The zero-order valence-electron chi connectivity index (χ0n) is 25.4. The fourth-order valence-electron chi connectivity index (χ4n) is 5.50. The third-order valence-corrected chi connectivity index (χ3v) is 9.54. The van der Waals surface area contributed by atoms with Crippen molar-refractivity contribution >= 4 is 10.0 Å². The van der Waals surface area contributed by atoms with E-state index in [9.17, 15) is 23.7 Å². The van der Waals surface area contributed by atoms with Crippen LogP contribution in [-0.4, -0.2) is 54.9 Å². The third-order valence-electron chi connectivity index (χ3n) is 8.13. The smallest absolute Gasteiger partial charge is 0.240 e. The molecule has 5 atom stereocenters. The van der Waals surface area contributed by atoms with Crippen molar-refractivity contribution in [3.63, 3.8) is 0 Å². The molecule has 4 aromatic rings. The number of sulfonamides is 1. The van der Waals surface area contributed by atoms with Gasteiger partial charge in [0.15, 0.2) is 6.29 Å². The lowest BCUT2D eigenvalue weighted by atomic mass is 9.90. The number of likely N-dealkylation sites (N-methyl/N-ethyl adjacent to an activating group) is 1. The Bertz CT molecular complexity index is 1630. The van der Waals surface area contributed by atoms with Crippen LogP contribution in [0.2, 0.25) is 0 Å². The fraction of sp³-hybridized carbons (Fsp3) is 0.314. The van der Waals surface area contributed by atoms with E-state index < -0.39 is 22.4 Å². The number of aliphatic hydroxyl groups excluding tert-OH is 2. The molecule has 0 radical (unpaired) electrons.